The van der Waals surface area contributed by atoms with E-state index in [2.05, 4.69) is 11.6 Å². The van der Waals surface area contributed by atoms with E-state index in [0.717, 1.165) is 19.9 Å². The van der Waals surface area contributed by atoms with Crippen molar-refractivity contribution in [2.24, 2.45) is 17.3 Å². The highest BCUT2D eigenvalue weighted by atomic mass is 16.6. The number of esters is 4. The van der Waals surface area contributed by atoms with Crippen LogP contribution in [-0.2, 0) is 38.1 Å². The number of aliphatic hydroxyl groups excluding tert-OH is 1. The van der Waals surface area contributed by atoms with E-state index in [1.807, 2.05) is 0 Å². The van der Waals surface area contributed by atoms with Crippen molar-refractivity contribution in [1.82, 2.24) is 4.98 Å². The molecule has 3 rings (SSSR count). The van der Waals surface area contributed by atoms with Gasteiger partial charge in [0.25, 0.3) is 0 Å². The van der Waals surface area contributed by atoms with Crippen LogP contribution in [-0.4, -0.2) is 91.7 Å². The van der Waals surface area contributed by atoms with Crippen LogP contribution in [0.3, 0.4) is 0 Å². The van der Waals surface area contributed by atoms with Gasteiger partial charge in [-0.25, -0.2) is 14.4 Å². The number of nitrogens with zero attached hydrogens (tertiary/aromatic N) is 1. The van der Waals surface area contributed by atoms with Crippen molar-refractivity contribution in [3.8, 4) is 0 Å². The largest absolute Gasteiger partial charge is 0.458 e. The second-order valence-corrected chi connectivity index (χ2v) is 14.1. The number of carbonyl (C=O) groups excluding carboxylic acids is 5. The Balaban J connectivity index is 2.39. The number of ketones is 1. The van der Waals surface area contributed by atoms with Crippen molar-refractivity contribution in [2.75, 3.05) is 0 Å². The summed E-state index contributed by atoms with van der Waals surface area (Å²) in [6.45, 7) is 17.1. The molecule has 0 aromatic carbocycles. The van der Waals surface area contributed by atoms with Gasteiger partial charge in [-0.05, 0) is 70.7 Å². The van der Waals surface area contributed by atoms with Crippen LogP contribution >= 0.6 is 0 Å². The third kappa shape index (κ3) is 8.71. The number of aliphatic hydroxyl groups is 3. The van der Waals surface area contributed by atoms with Gasteiger partial charge in [-0.3, -0.25) is 14.6 Å². The summed E-state index contributed by atoms with van der Waals surface area (Å²) in [5.74, 6) is -7.03. The normalized spacial score (nSPS) is 33.5. The van der Waals surface area contributed by atoms with Crippen molar-refractivity contribution in [1.29, 1.82) is 0 Å². The molecule has 1 aromatic rings. The Labute approximate surface area is 298 Å². The molecule has 0 radical (unpaired) electrons. The van der Waals surface area contributed by atoms with Crippen LogP contribution in [0.15, 0.2) is 72.1 Å². The fraction of sp³-hybridized carbons (Fsp3) is 0.526. The van der Waals surface area contributed by atoms with Gasteiger partial charge >= 0.3 is 23.9 Å². The molecule has 9 atom stereocenters. The maximum atomic E-state index is 14.3. The molecule has 13 heteroatoms. The first kappa shape index (κ1) is 41.0. The number of hydrogen-bond donors (Lipinski definition) is 3. The molecule has 13 nitrogen and oxygen atoms in total. The molecular formula is C38H49NO12. The molecule has 278 valence electrons. The van der Waals surface area contributed by atoms with Crippen molar-refractivity contribution in [2.45, 2.75) is 110 Å². The molecule has 0 bridgehead atoms. The number of carbonyl (C=O) groups is 5. The minimum atomic E-state index is -2.52. The Morgan fingerprint density at radius 1 is 0.922 bits per heavy atom. The van der Waals surface area contributed by atoms with Crippen LogP contribution in [0.5, 0.6) is 0 Å². The fourth-order valence-corrected chi connectivity index (χ4v) is 6.43. The monoisotopic (exact) mass is 711 g/mol. The van der Waals surface area contributed by atoms with Gasteiger partial charge in [-0.1, -0.05) is 45.6 Å². The number of pyridine rings is 1. The van der Waals surface area contributed by atoms with E-state index in [1.165, 1.54) is 56.6 Å². The standard InChI is InChI=1S/C38H49NO12/c1-11-20(3)32(42)49-28-22(5)18-38(47)26(28)27(41)23(6)29(50-33(43)21(4)12-2)30(48-24(7)40)31(51-34(44)25-14-13-17-39-19-25)36(8,9)15-16-37(10,46)35(38)45/h11-17,19,22,26-31,41,46-47H,6,18H2,1-5,7-10H3/b16-15+,20-11-,21-12-/t22-,26-,27-,28-,29-,30+,31+,37+,38+/m0/s1. The molecule has 0 unspecified atom stereocenters. The average Bonchev–Trinajstić information content (AvgIpc) is 3.34. The number of fused-ring (bicyclic) bond motifs is 1. The van der Waals surface area contributed by atoms with Gasteiger partial charge in [-0.2, -0.15) is 0 Å². The zero-order valence-corrected chi connectivity index (χ0v) is 30.5. The molecular weight excluding hydrogens is 662 g/mol. The molecule has 0 amide bonds. The van der Waals surface area contributed by atoms with Gasteiger partial charge in [-0.15, -0.1) is 0 Å². The highest BCUT2D eigenvalue weighted by Gasteiger charge is 2.64. The number of ether oxygens (including phenoxy) is 4. The van der Waals surface area contributed by atoms with Crippen LogP contribution in [0.2, 0.25) is 0 Å². The summed E-state index contributed by atoms with van der Waals surface area (Å²) in [5, 5.41) is 36.1. The highest BCUT2D eigenvalue weighted by molar-refractivity contribution is 5.97. The van der Waals surface area contributed by atoms with E-state index >= 15 is 0 Å². The lowest BCUT2D eigenvalue weighted by Crippen LogP contribution is -2.60. The summed E-state index contributed by atoms with van der Waals surface area (Å²) in [6, 6.07) is 2.94. The zero-order chi connectivity index (χ0) is 38.6. The van der Waals surface area contributed by atoms with Crippen LogP contribution in [0.25, 0.3) is 0 Å². The van der Waals surface area contributed by atoms with Gasteiger partial charge in [0.1, 0.15) is 17.3 Å². The Kier molecular flexibility index (Phi) is 12.7. The molecule has 0 aliphatic heterocycles. The molecule has 0 spiro atoms. The fourth-order valence-electron chi connectivity index (χ4n) is 6.43. The van der Waals surface area contributed by atoms with Gasteiger partial charge in [0.05, 0.1) is 17.6 Å². The van der Waals surface area contributed by atoms with Gasteiger partial charge < -0.3 is 34.3 Å². The molecule has 1 saturated carbocycles. The first-order chi connectivity index (χ1) is 23.6. The number of allylic oxidation sites excluding steroid dienone is 2. The Morgan fingerprint density at radius 2 is 1.51 bits per heavy atom. The minimum absolute atomic E-state index is 0.0235. The zero-order valence-electron chi connectivity index (χ0n) is 30.5. The van der Waals surface area contributed by atoms with E-state index in [9.17, 15) is 39.3 Å². The Morgan fingerprint density at radius 3 is 2.04 bits per heavy atom. The maximum absolute atomic E-state index is 14.3. The first-order valence-corrected chi connectivity index (χ1v) is 16.7. The molecule has 2 aliphatic rings. The van der Waals surface area contributed by atoms with E-state index in [4.69, 9.17) is 18.9 Å². The van der Waals surface area contributed by atoms with E-state index in [1.54, 1.807) is 34.6 Å². The molecule has 2 aliphatic carbocycles. The molecule has 1 heterocycles. The molecule has 1 aromatic heterocycles. The molecule has 51 heavy (non-hydrogen) atoms. The quantitative estimate of drug-likeness (QED) is 0.161. The first-order valence-electron chi connectivity index (χ1n) is 16.7. The number of hydrogen-bond acceptors (Lipinski definition) is 13. The third-order valence-corrected chi connectivity index (χ3v) is 9.63. The van der Waals surface area contributed by atoms with Crippen LogP contribution < -0.4 is 0 Å². The Bertz CT molecular complexity index is 1620. The number of rotatable bonds is 7. The van der Waals surface area contributed by atoms with Gasteiger partial charge in [0.15, 0.2) is 24.1 Å². The van der Waals surface area contributed by atoms with E-state index < -0.39 is 88.6 Å². The summed E-state index contributed by atoms with van der Waals surface area (Å²) in [4.78, 5) is 71.0. The van der Waals surface area contributed by atoms with Crippen LogP contribution in [0, 0.1) is 17.3 Å². The van der Waals surface area contributed by atoms with Gasteiger partial charge in [0.2, 0.25) is 0 Å². The summed E-state index contributed by atoms with van der Waals surface area (Å²) in [6.07, 6.45) is -0.614. The SMILES string of the molecule is C=C1[C@H](O)[C@H]2[C@@H](OC(=O)/C(C)=C\C)[C@@H](C)C[C@]2(O)C(=O)[C@](C)(O)/C=C/C(C)(C)[C@H](OC(=O)c2cccnc2)[C@H](OC(C)=O)[C@H]1OC(=O)/C(C)=C\C. The Hall–Kier alpha value is -4.46. The highest BCUT2D eigenvalue weighted by Crippen LogP contribution is 2.49. The van der Waals surface area contributed by atoms with E-state index in [0.29, 0.717) is 0 Å². The van der Waals surface area contributed by atoms with Crippen LogP contribution in [0.4, 0.5) is 0 Å². The molecule has 1 fully saturated rings. The van der Waals surface area contributed by atoms with Crippen molar-refractivity contribution < 1.29 is 58.2 Å². The minimum Gasteiger partial charge on any atom is -0.458 e. The number of aromatic nitrogens is 1. The summed E-state index contributed by atoms with van der Waals surface area (Å²) in [7, 11) is 0. The van der Waals surface area contributed by atoms with E-state index in [-0.39, 0.29) is 28.7 Å². The lowest BCUT2D eigenvalue weighted by atomic mass is 9.71. The van der Waals surface area contributed by atoms with Crippen molar-refractivity contribution in [3.05, 3.63) is 77.7 Å². The summed E-state index contributed by atoms with van der Waals surface area (Å²) >= 11 is 0. The molecule has 0 saturated heterocycles. The smallest absolute Gasteiger partial charge is 0.340 e. The predicted octanol–water partition coefficient (Wildman–Crippen LogP) is 3.52. The number of Topliss-reactive ketones (excluding diaryl/α,β-unsaturated/α-hetero) is 1. The summed E-state index contributed by atoms with van der Waals surface area (Å²) in [5.41, 5.74) is -6.37. The average molecular weight is 712 g/mol. The maximum Gasteiger partial charge on any atom is 0.340 e. The van der Waals surface area contributed by atoms with Crippen LogP contribution in [0.1, 0.15) is 79.1 Å². The second-order valence-electron chi connectivity index (χ2n) is 14.1. The predicted molar refractivity (Wildman–Crippen MR) is 184 cm³/mol. The topological polar surface area (TPSA) is 196 Å². The van der Waals surface area contributed by atoms with Crippen molar-refractivity contribution >= 4 is 29.7 Å². The van der Waals surface area contributed by atoms with Crippen molar-refractivity contribution in [3.63, 3.8) is 0 Å². The molecule has 3 N–H and O–H groups in total. The lowest BCUT2D eigenvalue weighted by Gasteiger charge is -2.44. The summed E-state index contributed by atoms with van der Waals surface area (Å²) < 4.78 is 23.5. The second kappa shape index (κ2) is 15.8. The lowest BCUT2D eigenvalue weighted by molar-refractivity contribution is -0.181. The third-order valence-electron chi connectivity index (χ3n) is 9.63. The van der Waals surface area contributed by atoms with Gasteiger partial charge in [0, 0.05) is 35.9 Å².